The number of ether oxygens (including phenoxy) is 2. The first kappa shape index (κ1) is 23.0. The SMILES string of the molecule is C=C1C(=O)N(Cc2ccc(OC)cc2)CC1COCCOS(=O)(=O)c1ccc(C)cc1. The maximum Gasteiger partial charge on any atom is 0.297 e. The Hall–Kier alpha value is -2.68. The van der Waals surface area contributed by atoms with E-state index in [4.69, 9.17) is 13.7 Å². The Morgan fingerprint density at radius 1 is 1.06 bits per heavy atom. The van der Waals surface area contributed by atoms with Crippen LogP contribution in [0.2, 0.25) is 0 Å². The highest BCUT2D eigenvalue weighted by atomic mass is 32.2. The third kappa shape index (κ3) is 5.94. The minimum atomic E-state index is -3.81. The van der Waals surface area contributed by atoms with Crippen LogP contribution in [-0.2, 0) is 30.4 Å². The molecule has 3 rings (SSSR count). The molecule has 0 N–H and O–H groups in total. The molecule has 0 saturated carbocycles. The van der Waals surface area contributed by atoms with E-state index < -0.39 is 10.1 Å². The predicted molar refractivity (Wildman–Crippen MR) is 116 cm³/mol. The first-order valence-electron chi connectivity index (χ1n) is 9.95. The summed E-state index contributed by atoms with van der Waals surface area (Å²) in [5.41, 5.74) is 2.47. The maximum absolute atomic E-state index is 12.5. The zero-order chi connectivity index (χ0) is 22.4. The number of hydrogen-bond acceptors (Lipinski definition) is 6. The van der Waals surface area contributed by atoms with Crippen molar-refractivity contribution >= 4 is 16.0 Å². The van der Waals surface area contributed by atoms with E-state index >= 15 is 0 Å². The Labute approximate surface area is 183 Å². The molecule has 0 radical (unpaired) electrons. The average molecular weight is 446 g/mol. The number of amides is 1. The van der Waals surface area contributed by atoms with Crippen molar-refractivity contribution in [2.24, 2.45) is 5.92 Å². The van der Waals surface area contributed by atoms with E-state index in [2.05, 4.69) is 6.58 Å². The van der Waals surface area contributed by atoms with Crippen molar-refractivity contribution in [3.05, 3.63) is 71.8 Å². The molecule has 1 fully saturated rings. The van der Waals surface area contributed by atoms with Crippen molar-refractivity contribution in [1.82, 2.24) is 4.90 Å². The fraction of sp³-hybridized carbons (Fsp3) is 0.348. The lowest BCUT2D eigenvalue weighted by Gasteiger charge is -2.16. The van der Waals surface area contributed by atoms with Crippen LogP contribution in [0.3, 0.4) is 0 Å². The molecule has 7 nitrogen and oxygen atoms in total. The largest absolute Gasteiger partial charge is 0.497 e. The molecular weight excluding hydrogens is 418 g/mol. The fourth-order valence-corrected chi connectivity index (χ4v) is 4.17. The smallest absolute Gasteiger partial charge is 0.297 e. The van der Waals surface area contributed by atoms with Crippen LogP contribution in [-0.4, -0.2) is 52.7 Å². The van der Waals surface area contributed by atoms with E-state index in [0.29, 0.717) is 18.7 Å². The lowest BCUT2D eigenvalue weighted by Crippen LogP contribution is -2.25. The van der Waals surface area contributed by atoms with Gasteiger partial charge in [-0.1, -0.05) is 36.4 Å². The van der Waals surface area contributed by atoms with Gasteiger partial charge in [0.05, 0.1) is 31.8 Å². The summed E-state index contributed by atoms with van der Waals surface area (Å²) in [4.78, 5) is 14.3. The molecule has 1 aliphatic rings. The second-order valence-corrected chi connectivity index (χ2v) is 9.04. The van der Waals surface area contributed by atoms with Crippen LogP contribution in [0.5, 0.6) is 5.75 Å². The van der Waals surface area contributed by atoms with Crippen molar-refractivity contribution in [1.29, 1.82) is 0 Å². The monoisotopic (exact) mass is 445 g/mol. The maximum atomic E-state index is 12.5. The molecule has 8 heteroatoms. The fourth-order valence-electron chi connectivity index (χ4n) is 3.28. The standard InChI is InChI=1S/C23H27NO6S/c1-17-4-10-22(11-5-17)31(26,27)30-13-12-29-16-20-15-24(23(25)18(20)2)14-19-6-8-21(28-3)9-7-19/h4-11,20H,2,12-16H2,1,3H3. The Kier molecular flexibility index (Phi) is 7.48. The summed E-state index contributed by atoms with van der Waals surface area (Å²) >= 11 is 0. The van der Waals surface area contributed by atoms with Crippen molar-refractivity contribution in [2.75, 3.05) is 33.5 Å². The van der Waals surface area contributed by atoms with E-state index in [1.54, 1.807) is 24.1 Å². The van der Waals surface area contributed by atoms with Crippen LogP contribution in [0.25, 0.3) is 0 Å². The summed E-state index contributed by atoms with van der Waals surface area (Å²) in [6.45, 7) is 7.05. The molecule has 1 atom stereocenters. The Bertz CT molecular complexity index is 1020. The zero-order valence-corrected chi connectivity index (χ0v) is 18.6. The number of carbonyl (C=O) groups is 1. The molecule has 0 bridgehead atoms. The number of benzene rings is 2. The Balaban J connectivity index is 1.43. The van der Waals surface area contributed by atoms with Crippen LogP contribution in [0.15, 0.2) is 65.6 Å². The normalized spacial score (nSPS) is 16.7. The first-order valence-corrected chi connectivity index (χ1v) is 11.4. The van der Waals surface area contributed by atoms with Crippen LogP contribution in [0, 0.1) is 12.8 Å². The number of nitrogens with zero attached hydrogens (tertiary/aromatic N) is 1. The molecule has 0 spiro atoms. The lowest BCUT2D eigenvalue weighted by atomic mass is 10.1. The molecule has 1 unspecified atom stereocenters. The quantitative estimate of drug-likeness (QED) is 0.318. The molecule has 166 valence electrons. The third-order valence-electron chi connectivity index (χ3n) is 5.12. The minimum absolute atomic E-state index is 0.0948. The van der Waals surface area contributed by atoms with Gasteiger partial charge in [0.15, 0.2) is 0 Å². The zero-order valence-electron chi connectivity index (χ0n) is 17.7. The number of carbonyl (C=O) groups excluding carboxylic acids is 1. The molecule has 1 heterocycles. The second-order valence-electron chi connectivity index (χ2n) is 7.42. The molecule has 1 saturated heterocycles. The molecular formula is C23H27NO6S. The highest BCUT2D eigenvalue weighted by Gasteiger charge is 2.33. The molecule has 2 aromatic carbocycles. The van der Waals surface area contributed by atoms with Crippen LogP contribution in [0.4, 0.5) is 0 Å². The second kappa shape index (κ2) is 10.1. The van der Waals surface area contributed by atoms with Gasteiger partial charge in [-0.2, -0.15) is 8.42 Å². The van der Waals surface area contributed by atoms with Gasteiger partial charge in [-0.25, -0.2) is 0 Å². The summed E-state index contributed by atoms with van der Waals surface area (Å²) in [7, 11) is -2.21. The average Bonchev–Trinajstić information content (AvgIpc) is 3.02. The van der Waals surface area contributed by atoms with E-state index in [0.717, 1.165) is 16.9 Å². The highest BCUT2D eigenvalue weighted by Crippen LogP contribution is 2.25. The van der Waals surface area contributed by atoms with Gasteiger partial charge in [-0.3, -0.25) is 8.98 Å². The van der Waals surface area contributed by atoms with Gasteiger partial charge in [0.1, 0.15) is 5.75 Å². The van der Waals surface area contributed by atoms with Crippen LogP contribution in [0.1, 0.15) is 11.1 Å². The Morgan fingerprint density at radius 2 is 1.74 bits per heavy atom. The molecule has 31 heavy (non-hydrogen) atoms. The van der Waals surface area contributed by atoms with Gasteiger partial charge in [0, 0.05) is 24.6 Å². The molecule has 2 aromatic rings. The number of likely N-dealkylation sites (tertiary alicyclic amines) is 1. The predicted octanol–water partition coefficient (Wildman–Crippen LogP) is 2.94. The van der Waals surface area contributed by atoms with Gasteiger partial charge in [-0.15, -0.1) is 0 Å². The van der Waals surface area contributed by atoms with E-state index in [9.17, 15) is 13.2 Å². The van der Waals surface area contributed by atoms with Gasteiger partial charge in [0.25, 0.3) is 10.1 Å². The molecule has 1 aliphatic heterocycles. The van der Waals surface area contributed by atoms with Gasteiger partial charge in [0.2, 0.25) is 5.91 Å². The summed E-state index contributed by atoms with van der Waals surface area (Å²) in [5.74, 6) is 0.529. The number of methoxy groups -OCH3 is 1. The number of rotatable bonds is 10. The van der Waals surface area contributed by atoms with Crippen molar-refractivity contribution < 1.29 is 26.9 Å². The van der Waals surface area contributed by atoms with E-state index in [1.807, 2.05) is 31.2 Å². The topological polar surface area (TPSA) is 82.1 Å². The van der Waals surface area contributed by atoms with Gasteiger partial charge >= 0.3 is 0 Å². The minimum Gasteiger partial charge on any atom is -0.497 e. The first-order chi connectivity index (χ1) is 14.8. The molecule has 0 aromatic heterocycles. The number of hydrogen-bond donors (Lipinski definition) is 0. The van der Waals surface area contributed by atoms with Crippen molar-refractivity contribution in [2.45, 2.75) is 18.4 Å². The van der Waals surface area contributed by atoms with Crippen LogP contribution >= 0.6 is 0 Å². The molecule has 1 amide bonds. The van der Waals surface area contributed by atoms with Crippen molar-refractivity contribution in [3.8, 4) is 5.75 Å². The molecule has 0 aliphatic carbocycles. The Morgan fingerprint density at radius 3 is 2.39 bits per heavy atom. The van der Waals surface area contributed by atoms with E-state index in [-0.39, 0.29) is 36.5 Å². The summed E-state index contributed by atoms with van der Waals surface area (Å²) in [5, 5.41) is 0. The summed E-state index contributed by atoms with van der Waals surface area (Å²) in [6, 6.07) is 14.0. The summed E-state index contributed by atoms with van der Waals surface area (Å²) < 4.78 is 40.1. The van der Waals surface area contributed by atoms with E-state index in [1.165, 1.54) is 12.1 Å². The van der Waals surface area contributed by atoms with Gasteiger partial charge in [-0.05, 0) is 36.8 Å². The summed E-state index contributed by atoms with van der Waals surface area (Å²) in [6.07, 6.45) is 0. The highest BCUT2D eigenvalue weighted by molar-refractivity contribution is 7.86. The lowest BCUT2D eigenvalue weighted by molar-refractivity contribution is -0.125. The van der Waals surface area contributed by atoms with Gasteiger partial charge < -0.3 is 14.4 Å². The number of aryl methyl sites for hydroxylation is 1. The third-order valence-corrected chi connectivity index (χ3v) is 6.45. The van der Waals surface area contributed by atoms with Crippen LogP contribution < -0.4 is 4.74 Å². The van der Waals surface area contributed by atoms with Crippen molar-refractivity contribution in [3.63, 3.8) is 0 Å².